The van der Waals surface area contributed by atoms with Crippen molar-refractivity contribution in [2.45, 2.75) is 31.8 Å². The molecule has 170 valence electrons. The molecule has 0 atom stereocenters. The van der Waals surface area contributed by atoms with Gasteiger partial charge in [-0.2, -0.15) is 0 Å². The number of nitrogens with one attached hydrogen (secondary N) is 1. The minimum atomic E-state index is 0.0798. The quantitative estimate of drug-likeness (QED) is 0.592. The molecular weight excluding hydrogens is 410 g/mol. The third-order valence-corrected chi connectivity index (χ3v) is 6.15. The Labute approximate surface area is 187 Å². The molecule has 0 radical (unpaired) electrons. The Balaban J connectivity index is 1.43. The number of aromatic nitrogens is 3. The monoisotopic (exact) mass is 439 g/mol. The van der Waals surface area contributed by atoms with Gasteiger partial charge in [0.15, 0.2) is 5.82 Å². The molecule has 2 aromatic heterocycles. The normalized spacial score (nSPS) is 18.7. The van der Waals surface area contributed by atoms with Crippen LogP contribution in [-0.2, 0) is 4.74 Å². The first kappa shape index (κ1) is 21.0. The minimum Gasteiger partial charge on any atom is -0.493 e. The number of fused-ring (bicyclic) bond motifs is 1. The topological polar surface area (TPSA) is 94.8 Å². The van der Waals surface area contributed by atoms with Gasteiger partial charge in [0.1, 0.15) is 36.0 Å². The summed E-state index contributed by atoms with van der Waals surface area (Å²) in [7, 11) is 2.17. The molecule has 0 bridgehead atoms. The minimum absolute atomic E-state index is 0.0798. The van der Waals surface area contributed by atoms with Gasteiger partial charge < -0.3 is 29.0 Å². The molecule has 0 unspecified atom stereocenters. The standard InChI is InChI=1S/C23H29N5O4/c1-28-7-2-16(3-8-28)14-30-18-12-19-22(20(13-18)32-17-4-9-29-10-5-17)23(25-15-24-19)26-21-6-11-31-27-21/h6,11-13,15-17H,2-5,7-10,14H2,1H3,(H,24,25,26,27). The fourth-order valence-electron chi connectivity index (χ4n) is 4.21. The van der Waals surface area contributed by atoms with Gasteiger partial charge in [-0.05, 0) is 38.9 Å². The Morgan fingerprint density at radius 2 is 1.97 bits per heavy atom. The summed E-state index contributed by atoms with van der Waals surface area (Å²) >= 11 is 0. The maximum Gasteiger partial charge on any atom is 0.174 e. The summed E-state index contributed by atoms with van der Waals surface area (Å²) in [6.07, 6.45) is 7.14. The molecule has 4 heterocycles. The van der Waals surface area contributed by atoms with E-state index in [1.54, 1.807) is 6.07 Å². The first-order valence-electron chi connectivity index (χ1n) is 11.3. The smallest absolute Gasteiger partial charge is 0.174 e. The maximum absolute atomic E-state index is 6.44. The van der Waals surface area contributed by atoms with E-state index in [0.717, 1.165) is 55.4 Å². The first-order valence-corrected chi connectivity index (χ1v) is 11.3. The van der Waals surface area contributed by atoms with Crippen LogP contribution in [0.2, 0.25) is 0 Å². The predicted molar refractivity (Wildman–Crippen MR) is 120 cm³/mol. The Hall–Kier alpha value is -2.91. The molecule has 2 fully saturated rings. The number of ether oxygens (including phenoxy) is 3. The van der Waals surface area contributed by atoms with E-state index >= 15 is 0 Å². The fourth-order valence-corrected chi connectivity index (χ4v) is 4.21. The summed E-state index contributed by atoms with van der Waals surface area (Å²) in [6, 6.07) is 5.66. The molecule has 2 aliphatic rings. The van der Waals surface area contributed by atoms with Gasteiger partial charge in [-0.3, -0.25) is 0 Å². The van der Waals surface area contributed by atoms with Crippen molar-refractivity contribution in [3.8, 4) is 11.5 Å². The van der Waals surface area contributed by atoms with Gasteiger partial charge >= 0.3 is 0 Å². The second-order valence-electron chi connectivity index (χ2n) is 8.53. The highest BCUT2D eigenvalue weighted by molar-refractivity contribution is 5.96. The molecule has 0 amide bonds. The van der Waals surface area contributed by atoms with Crippen LogP contribution in [0.25, 0.3) is 10.9 Å². The molecule has 0 spiro atoms. The molecule has 3 aromatic rings. The Bertz CT molecular complexity index is 1010. The van der Waals surface area contributed by atoms with Gasteiger partial charge in [0, 0.05) is 31.0 Å². The van der Waals surface area contributed by atoms with Gasteiger partial charge in [0.25, 0.3) is 0 Å². The SMILES string of the molecule is CN1CCC(COc2cc(OC3CCOCC3)c3c(Nc4ccon4)ncnc3c2)CC1. The van der Waals surface area contributed by atoms with Crippen LogP contribution in [0.4, 0.5) is 11.6 Å². The summed E-state index contributed by atoms with van der Waals surface area (Å²) in [5.41, 5.74) is 0.758. The molecular formula is C23H29N5O4. The van der Waals surface area contributed by atoms with Crippen molar-refractivity contribution in [1.29, 1.82) is 0 Å². The van der Waals surface area contributed by atoms with Crippen LogP contribution in [-0.4, -0.2) is 66.1 Å². The molecule has 5 rings (SSSR count). The second-order valence-corrected chi connectivity index (χ2v) is 8.53. The van der Waals surface area contributed by atoms with Crippen LogP contribution < -0.4 is 14.8 Å². The van der Waals surface area contributed by atoms with Crippen molar-refractivity contribution in [3.63, 3.8) is 0 Å². The molecule has 32 heavy (non-hydrogen) atoms. The largest absolute Gasteiger partial charge is 0.493 e. The zero-order valence-corrected chi connectivity index (χ0v) is 18.3. The van der Waals surface area contributed by atoms with Gasteiger partial charge in [-0.25, -0.2) is 9.97 Å². The molecule has 2 saturated heterocycles. The molecule has 9 heteroatoms. The number of benzene rings is 1. The third-order valence-electron chi connectivity index (χ3n) is 6.15. The summed E-state index contributed by atoms with van der Waals surface area (Å²) in [5.74, 6) is 3.23. The van der Waals surface area contributed by atoms with Gasteiger partial charge in [0.05, 0.1) is 30.7 Å². The lowest BCUT2D eigenvalue weighted by Gasteiger charge is -2.29. The molecule has 0 aliphatic carbocycles. The highest BCUT2D eigenvalue weighted by Crippen LogP contribution is 2.37. The lowest BCUT2D eigenvalue weighted by atomic mass is 9.98. The lowest BCUT2D eigenvalue weighted by molar-refractivity contribution is 0.0261. The van der Waals surface area contributed by atoms with Crippen LogP contribution in [0.5, 0.6) is 11.5 Å². The van der Waals surface area contributed by atoms with Crippen molar-refractivity contribution in [2.24, 2.45) is 5.92 Å². The van der Waals surface area contributed by atoms with Crippen LogP contribution in [0.1, 0.15) is 25.7 Å². The van der Waals surface area contributed by atoms with Crippen molar-refractivity contribution in [3.05, 3.63) is 30.8 Å². The molecule has 1 N–H and O–H groups in total. The van der Waals surface area contributed by atoms with E-state index in [9.17, 15) is 0 Å². The number of rotatable bonds is 7. The average Bonchev–Trinajstić information content (AvgIpc) is 3.32. The average molecular weight is 440 g/mol. The van der Waals surface area contributed by atoms with E-state index in [1.807, 2.05) is 12.1 Å². The summed E-state index contributed by atoms with van der Waals surface area (Å²) in [5, 5.41) is 7.94. The highest BCUT2D eigenvalue weighted by atomic mass is 16.5. The van der Waals surface area contributed by atoms with E-state index in [-0.39, 0.29) is 6.10 Å². The van der Waals surface area contributed by atoms with Gasteiger partial charge in [0.2, 0.25) is 0 Å². The Morgan fingerprint density at radius 1 is 1.12 bits per heavy atom. The zero-order valence-electron chi connectivity index (χ0n) is 18.3. The molecule has 1 aromatic carbocycles. The van der Waals surface area contributed by atoms with E-state index in [2.05, 4.69) is 32.4 Å². The fraction of sp³-hybridized carbons (Fsp3) is 0.522. The van der Waals surface area contributed by atoms with Crippen LogP contribution >= 0.6 is 0 Å². The number of hydrogen-bond acceptors (Lipinski definition) is 9. The number of nitrogens with zero attached hydrogens (tertiary/aromatic N) is 4. The van der Waals surface area contributed by atoms with E-state index in [1.165, 1.54) is 12.6 Å². The van der Waals surface area contributed by atoms with Crippen molar-refractivity contribution >= 4 is 22.5 Å². The van der Waals surface area contributed by atoms with E-state index in [4.69, 9.17) is 18.7 Å². The molecule has 0 saturated carbocycles. The van der Waals surface area contributed by atoms with E-state index < -0.39 is 0 Å². The Morgan fingerprint density at radius 3 is 2.75 bits per heavy atom. The molecule has 9 nitrogen and oxygen atoms in total. The Kier molecular flexibility index (Phi) is 6.36. The van der Waals surface area contributed by atoms with Crippen LogP contribution in [0.3, 0.4) is 0 Å². The predicted octanol–water partition coefficient (Wildman–Crippen LogP) is 3.64. The lowest BCUT2D eigenvalue weighted by Crippen LogP contribution is -2.32. The summed E-state index contributed by atoms with van der Waals surface area (Å²) in [4.78, 5) is 11.3. The number of anilines is 2. The first-order chi connectivity index (χ1) is 15.7. The summed E-state index contributed by atoms with van der Waals surface area (Å²) in [6.45, 7) is 4.35. The van der Waals surface area contributed by atoms with Crippen molar-refractivity contribution in [2.75, 3.05) is 45.3 Å². The van der Waals surface area contributed by atoms with Gasteiger partial charge in [-0.1, -0.05) is 5.16 Å². The molecule has 2 aliphatic heterocycles. The zero-order chi connectivity index (χ0) is 21.8. The number of piperidine rings is 1. The summed E-state index contributed by atoms with van der Waals surface area (Å²) < 4.78 is 23.1. The van der Waals surface area contributed by atoms with Gasteiger partial charge in [-0.15, -0.1) is 0 Å². The van der Waals surface area contributed by atoms with Crippen LogP contribution in [0, 0.1) is 5.92 Å². The highest BCUT2D eigenvalue weighted by Gasteiger charge is 2.21. The van der Waals surface area contributed by atoms with E-state index in [0.29, 0.717) is 43.1 Å². The maximum atomic E-state index is 6.44. The third kappa shape index (κ3) is 4.94. The van der Waals surface area contributed by atoms with Crippen LogP contribution in [0.15, 0.2) is 35.3 Å². The van der Waals surface area contributed by atoms with Crippen molar-refractivity contribution in [1.82, 2.24) is 20.0 Å². The number of hydrogen-bond donors (Lipinski definition) is 1. The van der Waals surface area contributed by atoms with Crippen molar-refractivity contribution < 1.29 is 18.7 Å². The second kappa shape index (κ2) is 9.70. The number of likely N-dealkylation sites (tertiary alicyclic amines) is 1.